The number of piperidine rings is 2. The highest BCUT2D eigenvalue weighted by Gasteiger charge is 2.34. The minimum Gasteiger partial charge on any atom is -0.385 e. The number of aromatic amines is 2. The third-order valence-electron chi connectivity index (χ3n) is 22.2. The molecular formula is C108H174N12O2. The number of nitrogens with one attached hydrogen (secondary N) is 5. The Labute approximate surface area is 744 Å². The molecule has 10 aromatic rings. The van der Waals surface area contributed by atoms with Crippen LogP contribution in [0.5, 0.6) is 0 Å². The lowest BCUT2D eigenvalue weighted by atomic mass is 9.71. The van der Waals surface area contributed by atoms with Gasteiger partial charge in [0.05, 0.1) is 35.7 Å². The second kappa shape index (κ2) is 62.6. The van der Waals surface area contributed by atoms with Crippen LogP contribution in [0.2, 0.25) is 0 Å². The number of pyridine rings is 3. The summed E-state index contributed by atoms with van der Waals surface area (Å²) in [5.74, 6) is 7.47. The summed E-state index contributed by atoms with van der Waals surface area (Å²) in [7, 11) is 0. The Morgan fingerprint density at radius 3 is 1.76 bits per heavy atom. The van der Waals surface area contributed by atoms with Gasteiger partial charge in [-0.1, -0.05) is 269 Å². The number of likely N-dealkylation sites (tertiary alicyclic amines) is 1. The average molecular weight is 1670 g/mol. The van der Waals surface area contributed by atoms with Gasteiger partial charge in [-0.2, -0.15) is 10.2 Å². The number of benzene rings is 5. The van der Waals surface area contributed by atoms with Crippen LogP contribution in [-0.2, 0) is 24.7 Å². The number of hydrogen-bond donors (Lipinski definition) is 5. The topological polar surface area (TPSA) is 182 Å². The number of aliphatic imine (C=N–C) groups is 1. The minimum atomic E-state index is -0.0465. The molecule has 6 aliphatic rings. The quantitative estimate of drug-likeness (QED) is 0.102. The van der Waals surface area contributed by atoms with Crippen molar-refractivity contribution in [2.45, 2.75) is 352 Å². The molecule has 1 saturated carbocycles. The number of para-hydroxylation sites is 1. The molecule has 0 spiro atoms. The van der Waals surface area contributed by atoms with E-state index >= 15 is 0 Å². The lowest BCUT2D eigenvalue weighted by Crippen LogP contribution is -2.51. The maximum absolute atomic E-state index is 11.5. The second-order valence-corrected chi connectivity index (χ2v) is 33.4. The van der Waals surface area contributed by atoms with Crippen LogP contribution in [0.3, 0.4) is 0 Å². The van der Waals surface area contributed by atoms with E-state index in [4.69, 9.17) is 0 Å². The van der Waals surface area contributed by atoms with Crippen LogP contribution < -0.4 is 26.9 Å². The molecule has 6 atom stereocenters. The minimum absolute atomic E-state index is 0.0465. The largest absolute Gasteiger partial charge is 0.385 e. The van der Waals surface area contributed by atoms with E-state index in [1.54, 1.807) is 24.5 Å². The van der Waals surface area contributed by atoms with E-state index < -0.39 is 0 Å². The monoisotopic (exact) mass is 1670 g/mol. The molecule has 3 fully saturated rings. The summed E-state index contributed by atoms with van der Waals surface area (Å²) in [6, 6.07) is 47.3. The van der Waals surface area contributed by atoms with Gasteiger partial charge in [0.1, 0.15) is 5.82 Å². The molecule has 6 unspecified atom stereocenters. The zero-order chi connectivity index (χ0) is 92.0. The molecule has 4 aliphatic heterocycles. The number of fused-ring (bicyclic) bond motifs is 8. The fourth-order valence-electron chi connectivity index (χ4n) is 15.0. The first-order valence-corrected chi connectivity index (χ1v) is 48.0. The molecule has 14 heteroatoms. The van der Waals surface area contributed by atoms with Gasteiger partial charge in [0.15, 0.2) is 5.43 Å². The van der Waals surface area contributed by atoms with Gasteiger partial charge in [-0.15, -0.1) is 0 Å². The maximum Gasteiger partial charge on any atom is 0.248 e. The van der Waals surface area contributed by atoms with Gasteiger partial charge >= 0.3 is 0 Å². The Kier molecular flexibility index (Phi) is 57.2. The molecule has 2 aliphatic carbocycles. The number of anilines is 1. The number of hydrogen-bond acceptors (Lipinski definition) is 12. The van der Waals surface area contributed by atoms with Crippen LogP contribution in [0.25, 0.3) is 43.6 Å². The number of aromatic nitrogens is 7. The lowest BCUT2D eigenvalue weighted by Gasteiger charge is -2.41. The predicted octanol–water partition coefficient (Wildman–Crippen LogP) is 28.5. The van der Waals surface area contributed by atoms with E-state index in [1.165, 1.54) is 134 Å². The van der Waals surface area contributed by atoms with E-state index in [-0.39, 0.29) is 16.4 Å². The second-order valence-electron chi connectivity index (χ2n) is 33.4. The van der Waals surface area contributed by atoms with Gasteiger partial charge in [-0.25, -0.2) is 9.97 Å². The Bertz CT molecular complexity index is 4440. The third kappa shape index (κ3) is 37.9. The van der Waals surface area contributed by atoms with Crippen molar-refractivity contribution in [3.8, 4) is 0 Å². The van der Waals surface area contributed by atoms with Crippen molar-refractivity contribution in [3.05, 3.63) is 224 Å². The molecule has 0 bridgehead atoms. The molecule has 0 amide bonds. The maximum atomic E-state index is 11.5. The highest BCUT2D eigenvalue weighted by atomic mass is 16.1. The van der Waals surface area contributed by atoms with Crippen LogP contribution >= 0.6 is 0 Å². The van der Waals surface area contributed by atoms with E-state index in [2.05, 4.69) is 239 Å². The van der Waals surface area contributed by atoms with Gasteiger partial charge in [0.25, 0.3) is 0 Å². The summed E-state index contributed by atoms with van der Waals surface area (Å²) < 4.78 is 0. The smallest absolute Gasteiger partial charge is 0.248 e. The van der Waals surface area contributed by atoms with Crippen molar-refractivity contribution in [2.24, 2.45) is 34.6 Å². The summed E-state index contributed by atoms with van der Waals surface area (Å²) >= 11 is 0. The number of H-pyrrole nitrogens is 2. The van der Waals surface area contributed by atoms with Crippen molar-refractivity contribution in [1.82, 2.24) is 50.7 Å². The summed E-state index contributed by atoms with van der Waals surface area (Å²) in [5, 5.41) is 22.4. The van der Waals surface area contributed by atoms with Gasteiger partial charge in [0, 0.05) is 107 Å². The summed E-state index contributed by atoms with van der Waals surface area (Å²) in [4.78, 5) is 48.5. The highest BCUT2D eigenvalue weighted by molar-refractivity contribution is 5.81. The Morgan fingerprint density at radius 2 is 1.13 bits per heavy atom. The molecular weight excluding hydrogens is 1500 g/mol. The Morgan fingerprint density at radius 1 is 0.500 bits per heavy atom. The molecule has 16 rings (SSSR count). The zero-order valence-electron chi connectivity index (χ0n) is 83.1. The van der Waals surface area contributed by atoms with Gasteiger partial charge in [0.2, 0.25) is 5.56 Å². The van der Waals surface area contributed by atoms with E-state index in [1.807, 2.05) is 190 Å². The molecule has 5 aromatic carbocycles. The van der Waals surface area contributed by atoms with Crippen molar-refractivity contribution >= 4 is 55.6 Å². The highest BCUT2D eigenvalue weighted by Crippen LogP contribution is 2.38. The first-order chi connectivity index (χ1) is 58.8. The number of aryl methyl sites for hydroxylation is 2. The van der Waals surface area contributed by atoms with E-state index in [0.717, 1.165) is 92.8 Å². The molecule has 0 radical (unpaired) electrons. The average Bonchev–Trinajstić information content (AvgIpc) is 1.38. The summed E-state index contributed by atoms with van der Waals surface area (Å²) in [6.45, 7) is 74.7. The lowest BCUT2D eigenvalue weighted by molar-refractivity contribution is 0.139. The van der Waals surface area contributed by atoms with E-state index in [9.17, 15) is 9.59 Å². The predicted molar refractivity (Wildman–Crippen MR) is 539 cm³/mol. The van der Waals surface area contributed by atoms with E-state index in [0.29, 0.717) is 41.8 Å². The Balaban J connectivity index is 0.000000680. The van der Waals surface area contributed by atoms with Crippen LogP contribution in [0.15, 0.2) is 173 Å². The molecule has 122 heavy (non-hydrogen) atoms. The van der Waals surface area contributed by atoms with Gasteiger partial charge in [-0.05, 0) is 249 Å². The number of rotatable bonds is 7. The molecule has 9 heterocycles. The van der Waals surface area contributed by atoms with Crippen LogP contribution in [0, 0.1) is 29.6 Å². The van der Waals surface area contributed by atoms with Crippen molar-refractivity contribution < 1.29 is 0 Å². The Hall–Kier alpha value is -8.46. The summed E-state index contributed by atoms with van der Waals surface area (Å²) in [6.07, 6.45) is 23.8. The standard InChI is InChI=1S/C13H19N.2C12H13NO.C12H23N.C12H17N.2C11H12N2.C9H17N3.8C2H6/c1-13(2,3)11-6-7-12-10(9-11)5-4-8-14-12;1-8(2)9-3-5-11-10(7-9)4-6-12(14)13-11;1-8(2)9-3-4-11-10(7-9)12(14)5-6-13-11;2*1-9(2)10-5-6-12-11(8-10)4-3-7-13-12;1-8(2)9-3-4-11-10(7-9)5-6-12-13-11;1-8(2)11-12-7-9-5-3-4-6-10(9)13-11;1-7(2)12-4-3-8-9(5-12)11-6-10-8;8*1-2/h6-7,9,14H,4-5,8H2,1-3H3;2*3-8H,1-2H3,(H,13,14);9-13H,3-8H2,1-2H3;3-4,7,9-10H,5-6,8H2,1-2H3;2*3-8H,1-2H3;6-9H,3-5H2,1-2H3,(H,10,11);8*1-2H3. The van der Waals surface area contributed by atoms with Gasteiger partial charge in [-0.3, -0.25) is 24.5 Å². The molecule has 14 nitrogen and oxygen atoms in total. The van der Waals surface area contributed by atoms with Crippen molar-refractivity contribution in [1.29, 1.82) is 0 Å². The SMILES string of the molecule is CC.CC.CC.CC.CC.CC.CC.CC.CC(C)(C)c1ccc2c(c1)CCCN2.CC(C)C1CCC2NCCCC2C1.CC(C)C1CCc2ncccc2C1.CC(C)N1CCC2N=CNC2C1.CC(C)c1ccc2[nH]c(=O)ccc2c1.CC(C)c1ccc2[nH]ccc(=O)c2c1.CC(C)c1ccc2nnccc2c1.CC(C)c1ncc2ccccc2n1. The van der Waals surface area contributed by atoms with Crippen molar-refractivity contribution in [3.63, 3.8) is 0 Å². The molecule has 678 valence electrons. The first-order valence-electron chi connectivity index (χ1n) is 48.0. The summed E-state index contributed by atoms with van der Waals surface area (Å²) in [5.41, 5.74) is 15.0. The van der Waals surface area contributed by atoms with Crippen LogP contribution in [-0.4, -0.2) is 96.7 Å². The molecule has 5 aromatic heterocycles. The van der Waals surface area contributed by atoms with Gasteiger partial charge < -0.3 is 25.9 Å². The van der Waals surface area contributed by atoms with Crippen molar-refractivity contribution in [2.75, 3.05) is 31.5 Å². The number of nitrogens with zero attached hydrogens (tertiary/aromatic N) is 7. The molecule has 5 N–H and O–H groups in total. The first kappa shape index (κ1) is 112. The zero-order valence-corrected chi connectivity index (χ0v) is 83.1. The molecule has 2 saturated heterocycles. The normalized spacial score (nSPS) is 17.2. The fraction of sp³-hybridized carbons (Fsp3) is 0.574. The van der Waals surface area contributed by atoms with Crippen LogP contribution in [0.1, 0.15) is 348 Å². The third-order valence-corrected chi connectivity index (χ3v) is 22.2. The fourth-order valence-corrected chi connectivity index (χ4v) is 15.0. The van der Waals surface area contributed by atoms with Crippen LogP contribution in [0.4, 0.5) is 5.69 Å².